The van der Waals surface area contributed by atoms with Crippen LogP contribution in [0.15, 0.2) is 58.3 Å². The van der Waals surface area contributed by atoms with Gasteiger partial charge in [-0.25, -0.2) is 13.6 Å². The third-order valence-corrected chi connectivity index (χ3v) is 6.58. The van der Waals surface area contributed by atoms with Crippen molar-refractivity contribution in [3.8, 4) is 0 Å². The summed E-state index contributed by atoms with van der Waals surface area (Å²) in [7, 11) is -3.79. The van der Waals surface area contributed by atoms with E-state index in [1.807, 2.05) is 31.2 Å². The predicted octanol–water partition coefficient (Wildman–Crippen LogP) is 2.87. The average Bonchev–Trinajstić information content (AvgIpc) is 2.94. The van der Waals surface area contributed by atoms with E-state index >= 15 is 0 Å². The van der Waals surface area contributed by atoms with Gasteiger partial charge in [-0.2, -0.15) is 0 Å². The van der Waals surface area contributed by atoms with Crippen LogP contribution >= 0.6 is 24.0 Å². The van der Waals surface area contributed by atoms with Crippen LogP contribution in [0.1, 0.15) is 17.5 Å². The Kier molecular flexibility index (Phi) is 6.71. The van der Waals surface area contributed by atoms with Gasteiger partial charge in [0.25, 0.3) is 5.91 Å². The zero-order chi connectivity index (χ0) is 21.9. The SMILES string of the molecule is Cc1ccc(/C=C2\SC(=S)N(CCC(=O)Nc3ccc(S(N)(=O)=O)cc3)C2=O)cc1. The largest absolute Gasteiger partial charge is 0.326 e. The van der Waals surface area contributed by atoms with E-state index in [4.69, 9.17) is 17.4 Å². The molecule has 1 fully saturated rings. The maximum absolute atomic E-state index is 12.6. The molecule has 2 aromatic carbocycles. The van der Waals surface area contributed by atoms with Gasteiger partial charge in [0.2, 0.25) is 15.9 Å². The van der Waals surface area contributed by atoms with Gasteiger partial charge in [-0.05, 0) is 42.8 Å². The number of thioether (sulfide) groups is 1. The minimum Gasteiger partial charge on any atom is -0.326 e. The number of nitrogens with zero attached hydrogens (tertiary/aromatic N) is 1. The zero-order valence-electron chi connectivity index (χ0n) is 16.0. The molecule has 0 bridgehead atoms. The number of primary sulfonamides is 1. The molecule has 0 atom stereocenters. The van der Waals surface area contributed by atoms with Gasteiger partial charge < -0.3 is 5.32 Å². The fraction of sp³-hybridized carbons (Fsp3) is 0.150. The summed E-state index contributed by atoms with van der Waals surface area (Å²) in [5, 5.41) is 7.70. The Morgan fingerprint density at radius 1 is 1.17 bits per heavy atom. The second-order valence-corrected chi connectivity index (χ2v) is 9.85. The Morgan fingerprint density at radius 3 is 2.40 bits per heavy atom. The molecule has 1 saturated heterocycles. The minimum absolute atomic E-state index is 0.0428. The van der Waals surface area contributed by atoms with Crippen molar-refractivity contribution in [2.24, 2.45) is 5.14 Å². The third kappa shape index (κ3) is 5.54. The molecule has 0 unspecified atom stereocenters. The predicted molar refractivity (Wildman–Crippen MR) is 122 cm³/mol. The molecule has 0 spiro atoms. The highest BCUT2D eigenvalue weighted by molar-refractivity contribution is 8.26. The molecule has 1 aliphatic heterocycles. The van der Waals surface area contributed by atoms with Gasteiger partial charge in [-0.15, -0.1) is 0 Å². The number of amides is 2. The van der Waals surface area contributed by atoms with Crippen LogP contribution in [0, 0.1) is 6.92 Å². The number of anilines is 1. The Labute approximate surface area is 184 Å². The monoisotopic (exact) mass is 461 g/mol. The lowest BCUT2D eigenvalue weighted by molar-refractivity contribution is -0.122. The van der Waals surface area contributed by atoms with E-state index < -0.39 is 10.0 Å². The van der Waals surface area contributed by atoms with Gasteiger partial charge in [-0.3, -0.25) is 14.5 Å². The zero-order valence-corrected chi connectivity index (χ0v) is 18.4. The number of benzene rings is 2. The number of hydrogen-bond acceptors (Lipinski definition) is 6. The Bertz CT molecular complexity index is 1120. The fourth-order valence-electron chi connectivity index (χ4n) is 2.67. The topological polar surface area (TPSA) is 110 Å². The Morgan fingerprint density at radius 2 is 1.80 bits per heavy atom. The van der Waals surface area contributed by atoms with Crippen molar-refractivity contribution in [1.29, 1.82) is 0 Å². The number of carbonyl (C=O) groups is 2. The fourth-order valence-corrected chi connectivity index (χ4v) is 4.50. The molecule has 0 aliphatic carbocycles. The summed E-state index contributed by atoms with van der Waals surface area (Å²) in [6.07, 6.45) is 1.83. The molecule has 156 valence electrons. The number of carbonyl (C=O) groups excluding carboxylic acids is 2. The summed E-state index contributed by atoms with van der Waals surface area (Å²) >= 11 is 6.50. The van der Waals surface area contributed by atoms with Crippen molar-refractivity contribution in [2.75, 3.05) is 11.9 Å². The van der Waals surface area contributed by atoms with E-state index in [9.17, 15) is 18.0 Å². The number of nitrogens with one attached hydrogen (secondary N) is 1. The molecule has 30 heavy (non-hydrogen) atoms. The molecule has 3 rings (SSSR count). The first-order valence-corrected chi connectivity index (χ1v) is 11.7. The minimum atomic E-state index is -3.79. The van der Waals surface area contributed by atoms with Crippen molar-refractivity contribution in [3.63, 3.8) is 0 Å². The van der Waals surface area contributed by atoms with Gasteiger partial charge in [0, 0.05) is 18.7 Å². The van der Waals surface area contributed by atoms with Crippen molar-refractivity contribution in [2.45, 2.75) is 18.2 Å². The van der Waals surface area contributed by atoms with Crippen LogP contribution in [-0.4, -0.2) is 36.0 Å². The Hall–Kier alpha value is -2.53. The summed E-state index contributed by atoms with van der Waals surface area (Å²) < 4.78 is 22.9. The Balaban J connectivity index is 1.58. The van der Waals surface area contributed by atoms with E-state index in [0.29, 0.717) is 14.9 Å². The number of hydrogen-bond donors (Lipinski definition) is 2. The first-order valence-electron chi connectivity index (χ1n) is 8.88. The first kappa shape index (κ1) is 22.2. The lowest BCUT2D eigenvalue weighted by atomic mass is 10.1. The summed E-state index contributed by atoms with van der Waals surface area (Å²) in [6.45, 7) is 2.14. The van der Waals surface area contributed by atoms with Gasteiger partial charge in [-0.1, -0.05) is 53.8 Å². The molecular formula is C20H19N3O4S3. The number of nitrogens with two attached hydrogens (primary N) is 1. The lowest BCUT2D eigenvalue weighted by Crippen LogP contribution is -2.31. The number of rotatable bonds is 6. The molecule has 7 nitrogen and oxygen atoms in total. The van der Waals surface area contributed by atoms with Crippen LogP contribution in [0.4, 0.5) is 5.69 Å². The van der Waals surface area contributed by atoms with Crippen LogP contribution in [0.3, 0.4) is 0 Å². The second-order valence-electron chi connectivity index (χ2n) is 6.61. The van der Waals surface area contributed by atoms with Crippen molar-refractivity contribution < 1.29 is 18.0 Å². The van der Waals surface area contributed by atoms with Crippen molar-refractivity contribution in [1.82, 2.24) is 4.90 Å². The lowest BCUT2D eigenvalue weighted by Gasteiger charge is -2.14. The van der Waals surface area contributed by atoms with E-state index in [-0.39, 0.29) is 29.7 Å². The molecule has 0 radical (unpaired) electrons. The molecule has 10 heteroatoms. The quantitative estimate of drug-likeness (QED) is 0.506. The van der Waals surface area contributed by atoms with Crippen molar-refractivity contribution in [3.05, 3.63) is 64.6 Å². The molecule has 0 saturated carbocycles. The molecule has 1 heterocycles. The summed E-state index contributed by atoms with van der Waals surface area (Å²) in [5.74, 6) is -0.550. The number of aryl methyl sites for hydroxylation is 1. The van der Waals surface area contributed by atoms with Crippen LogP contribution in [0.25, 0.3) is 6.08 Å². The maximum atomic E-state index is 12.6. The second kappa shape index (κ2) is 9.09. The summed E-state index contributed by atoms with van der Waals surface area (Å²) in [6, 6.07) is 13.3. The summed E-state index contributed by atoms with van der Waals surface area (Å²) in [5.41, 5.74) is 2.46. The highest BCUT2D eigenvalue weighted by atomic mass is 32.2. The maximum Gasteiger partial charge on any atom is 0.266 e. The molecule has 2 amide bonds. The van der Waals surface area contributed by atoms with Crippen LogP contribution in [-0.2, 0) is 19.6 Å². The normalized spacial score (nSPS) is 15.7. The number of thiocarbonyl (C=S) groups is 1. The molecule has 3 N–H and O–H groups in total. The highest BCUT2D eigenvalue weighted by Gasteiger charge is 2.32. The van der Waals surface area contributed by atoms with Gasteiger partial charge in [0.1, 0.15) is 4.32 Å². The average molecular weight is 462 g/mol. The standard InChI is InChI=1S/C20H19N3O4S3/c1-13-2-4-14(5-3-13)12-17-19(25)23(20(28)29-17)11-10-18(24)22-15-6-8-16(9-7-15)30(21,26)27/h2-9,12H,10-11H2,1H3,(H,22,24)(H2,21,26,27)/b17-12-. The third-order valence-electron chi connectivity index (χ3n) is 4.28. The highest BCUT2D eigenvalue weighted by Crippen LogP contribution is 2.32. The smallest absolute Gasteiger partial charge is 0.266 e. The molecular weight excluding hydrogens is 442 g/mol. The molecule has 0 aromatic heterocycles. The molecule has 2 aromatic rings. The van der Waals surface area contributed by atoms with Gasteiger partial charge in [0.05, 0.1) is 9.80 Å². The first-order chi connectivity index (χ1) is 14.1. The van der Waals surface area contributed by atoms with E-state index in [0.717, 1.165) is 11.1 Å². The van der Waals surface area contributed by atoms with Gasteiger partial charge in [0.15, 0.2) is 0 Å². The van der Waals surface area contributed by atoms with E-state index in [2.05, 4.69) is 5.32 Å². The van der Waals surface area contributed by atoms with E-state index in [1.54, 1.807) is 6.08 Å². The van der Waals surface area contributed by atoms with E-state index in [1.165, 1.54) is 40.9 Å². The number of sulfonamides is 1. The molecule has 1 aliphatic rings. The van der Waals surface area contributed by atoms with Crippen LogP contribution < -0.4 is 10.5 Å². The van der Waals surface area contributed by atoms with Crippen LogP contribution in [0.2, 0.25) is 0 Å². The van der Waals surface area contributed by atoms with Crippen molar-refractivity contribution >= 4 is 61.9 Å². The summed E-state index contributed by atoms with van der Waals surface area (Å²) in [4.78, 5) is 26.7. The van der Waals surface area contributed by atoms with Gasteiger partial charge >= 0.3 is 0 Å². The van der Waals surface area contributed by atoms with Crippen LogP contribution in [0.5, 0.6) is 0 Å².